The summed E-state index contributed by atoms with van der Waals surface area (Å²) in [6, 6.07) is 5.16. The number of likely N-dealkylation sites (N-methyl/N-ethyl adjacent to an activating group) is 1. The van der Waals surface area contributed by atoms with Crippen molar-refractivity contribution in [1.29, 1.82) is 0 Å². The van der Waals surface area contributed by atoms with Crippen LogP contribution in [0.3, 0.4) is 0 Å². The van der Waals surface area contributed by atoms with Crippen molar-refractivity contribution in [3.8, 4) is 0 Å². The second kappa shape index (κ2) is 7.46. The zero-order valence-electron chi connectivity index (χ0n) is 12.4. The van der Waals surface area contributed by atoms with Crippen molar-refractivity contribution in [3.63, 3.8) is 0 Å². The van der Waals surface area contributed by atoms with Gasteiger partial charge in [0.15, 0.2) is 23.5 Å². The fraction of sp³-hybridized carbons (Fsp3) is 0.267. The monoisotopic (exact) mass is 407 g/mol. The van der Waals surface area contributed by atoms with Crippen molar-refractivity contribution in [2.45, 2.75) is 19.5 Å². The molecule has 1 unspecified atom stereocenters. The standard InChI is InChI=1S/C15H14BrF3N2OS/c1-8(21(2)7-9-3-6-12(16)23-9)15(22)20-11-5-4-10(17)13(18)14(11)19/h3-6,8H,7H2,1-2H3,(H,20,22)/p+1/t8-/m0/s1. The van der Waals surface area contributed by atoms with Crippen LogP contribution in [0.2, 0.25) is 0 Å². The first kappa shape index (κ1) is 18.0. The van der Waals surface area contributed by atoms with Crippen LogP contribution in [0.1, 0.15) is 11.8 Å². The van der Waals surface area contributed by atoms with Crippen LogP contribution in [0.5, 0.6) is 0 Å². The van der Waals surface area contributed by atoms with E-state index < -0.39 is 29.4 Å². The highest BCUT2D eigenvalue weighted by Crippen LogP contribution is 2.21. The molecule has 1 amide bonds. The summed E-state index contributed by atoms with van der Waals surface area (Å²) in [6.45, 7) is 2.30. The van der Waals surface area contributed by atoms with E-state index in [-0.39, 0.29) is 5.69 Å². The topological polar surface area (TPSA) is 33.5 Å². The average molecular weight is 408 g/mol. The molecule has 0 fully saturated rings. The second-order valence-corrected chi connectivity index (χ2v) is 7.71. The summed E-state index contributed by atoms with van der Waals surface area (Å²) >= 11 is 4.94. The Kier molecular flexibility index (Phi) is 5.83. The number of anilines is 1. The number of hydrogen-bond donors (Lipinski definition) is 2. The van der Waals surface area contributed by atoms with Crippen LogP contribution < -0.4 is 10.2 Å². The van der Waals surface area contributed by atoms with Gasteiger partial charge in [-0.25, -0.2) is 13.2 Å². The molecule has 2 rings (SSSR count). The predicted octanol–water partition coefficient (Wildman–Crippen LogP) is 2.97. The maximum Gasteiger partial charge on any atom is 0.282 e. The van der Waals surface area contributed by atoms with Crippen molar-refractivity contribution in [2.75, 3.05) is 12.4 Å². The van der Waals surface area contributed by atoms with Gasteiger partial charge in [0.1, 0.15) is 6.54 Å². The van der Waals surface area contributed by atoms with E-state index in [9.17, 15) is 18.0 Å². The van der Waals surface area contributed by atoms with Crippen LogP contribution in [0.25, 0.3) is 0 Å². The summed E-state index contributed by atoms with van der Waals surface area (Å²) in [4.78, 5) is 14.2. The lowest BCUT2D eigenvalue weighted by molar-refractivity contribution is -0.907. The highest BCUT2D eigenvalue weighted by molar-refractivity contribution is 9.11. The van der Waals surface area contributed by atoms with E-state index in [2.05, 4.69) is 21.2 Å². The first-order valence-corrected chi connectivity index (χ1v) is 8.41. The first-order valence-electron chi connectivity index (χ1n) is 6.80. The van der Waals surface area contributed by atoms with Gasteiger partial charge in [0.2, 0.25) is 0 Å². The lowest BCUT2D eigenvalue weighted by Crippen LogP contribution is -3.12. The van der Waals surface area contributed by atoms with E-state index >= 15 is 0 Å². The molecule has 0 aliphatic rings. The van der Waals surface area contributed by atoms with Crippen molar-refractivity contribution in [3.05, 3.63) is 50.4 Å². The lowest BCUT2D eigenvalue weighted by atomic mass is 10.2. The van der Waals surface area contributed by atoms with E-state index in [4.69, 9.17) is 0 Å². The molecule has 0 saturated carbocycles. The highest BCUT2D eigenvalue weighted by atomic mass is 79.9. The molecule has 0 bridgehead atoms. The summed E-state index contributed by atoms with van der Waals surface area (Å²) in [5.74, 6) is -4.76. The SMILES string of the molecule is C[C@@H](C(=O)Nc1ccc(F)c(F)c1F)[NH+](C)Cc1ccc(Br)s1. The lowest BCUT2D eigenvalue weighted by Gasteiger charge is -2.20. The van der Waals surface area contributed by atoms with Crippen molar-refractivity contribution < 1.29 is 22.9 Å². The van der Waals surface area contributed by atoms with Crippen LogP contribution in [-0.2, 0) is 11.3 Å². The predicted molar refractivity (Wildman–Crippen MR) is 87.0 cm³/mol. The molecule has 8 heteroatoms. The number of benzene rings is 1. The van der Waals surface area contributed by atoms with E-state index in [1.54, 1.807) is 18.3 Å². The van der Waals surface area contributed by atoms with Gasteiger partial charge in [-0.05, 0) is 47.1 Å². The summed E-state index contributed by atoms with van der Waals surface area (Å²) in [5.41, 5.74) is -0.368. The largest absolute Gasteiger partial charge is 0.323 e. The molecular weight excluding hydrogens is 393 g/mol. The summed E-state index contributed by atoms with van der Waals surface area (Å²) < 4.78 is 40.7. The number of amides is 1. The number of carbonyl (C=O) groups is 1. The summed E-state index contributed by atoms with van der Waals surface area (Å²) in [6.07, 6.45) is 0. The molecule has 1 heterocycles. The highest BCUT2D eigenvalue weighted by Gasteiger charge is 2.24. The number of halogens is 4. The van der Waals surface area contributed by atoms with Crippen molar-refractivity contribution in [2.24, 2.45) is 0 Å². The van der Waals surface area contributed by atoms with Gasteiger partial charge in [0.05, 0.1) is 21.4 Å². The molecule has 0 spiro atoms. The smallest absolute Gasteiger partial charge is 0.282 e. The molecule has 0 radical (unpaired) electrons. The zero-order valence-corrected chi connectivity index (χ0v) is 14.8. The summed E-state index contributed by atoms with van der Waals surface area (Å²) in [5, 5.41) is 2.30. The van der Waals surface area contributed by atoms with Crippen LogP contribution >= 0.6 is 27.3 Å². The number of carbonyl (C=O) groups excluding carboxylic acids is 1. The Hall–Kier alpha value is -1.38. The Balaban J connectivity index is 2.03. The molecule has 3 nitrogen and oxygen atoms in total. The van der Waals surface area contributed by atoms with E-state index in [0.29, 0.717) is 6.54 Å². The number of nitrogens with one attached hydrogen (secondary N) is 2. The third-order valence-corrected chi connectivity index (χ3v) is 5.13. The maximum atomic E-state index is 13.6. The number of hydrogen-bond acceptors (Lipinski definition) is 2. The zero-order chi connectivity index (χ0) is 17.1. The van der Waals surface area contributed by atoms with Crippen molar-refractivity contribution >= 4 is 38.9 Å². The Labute approximate surface area is 144 Å². The second-order valence-electron chi connectivity index (χ2n) is 5.16. The van der Waals surface area contributed by atoms with Crippen LogP contribution in [0.15, 0.2) is 28.1 Å². The molecule has 23 heavy (non-hydrogen) atoms. The molecule has 0 aliphatic heterocycles. The average Bonchev–Trinajstić information content (AvgIpc) is 2.92. The number of quaternary nitrogens is 1. The number of thiophene rings is 1. The Morgan fingerprint density at radius 1 is 1.26 bits per heavy atom. The minimum absolute atomic E-state index is 0.368. The van der Waals surface area contributed by atoms with E-state index in [0.717, 1.165) is 25.7 Å². The van der Waals surface area contributed by atoms with E-state index in [1.807, 2.05) is 19.2 Å². The normalized spacial score (nSPS) is 13.7. The van der Waals surface area contributed by atoms with Crippen LogP contribution in [-0.4, -0.2) is 19.0 Å². The van der Waals surface area contributed by atoms with Gasteiger partial charge in [-0.15, -0.1) is 11.3 Å². The van der Waals surface area contributed by atoms with Gasteiger partial charge in [-0.1, -0.05) is 0 Å². The van der Waals surface area contributed by atoms with Gasteiger partial charge in [-0.3, -0.25) is 4.79 Å². The van der Waals surface area contributed by atoms with Gasteiger partial charge >= 0.3 is 0 Å². The van der Waals surface area contributed by atoms with Gasteiger partial charge < -0.3 is 10.2 Å². The maximum absolute atomic E-state index is 13.6. The molecule has 0 aliphatic carbocycles. The van der Waals surface area contributed by atoms with Gasteiger partial charge in [0, 0.05) is 0 Å². The molecule has 2 atom stereocenters. The molecule has 0 saturated heterocycles. The first-order chi connectivity index (χ1) is 10.8. The van der Waals surface area contributed by atoms with Gasteiger partial charge in [0.25, 0.3) is 5.91 Å². The molecule has 124 valence electrons. The summed E-state index contributed by atoms with van der Waals surface area (Å²) in [7, 11) is 1.83. The fourth-order valence-electron chi connectivity index (χ4n) is 1.96. The number of rotatable bonds is 5. The fourth-order valence-corrected chi connectivity index (χ4v) is 3.54. The third kappa shape index (κ3) is 4.33. The Morgan fingerprint density at radius 3 is 2.57 bits per heavy atom. The Morgan fingerprint density at radius 2 is 1.96 bits per heavy atom. The van der Waals surface area contributed by atoms with Crippen LogP contribution in [0, 0.1) is 17.5 Å². The van der Waals surface area contributed by atoms with Crippen molar-refractivity contribution in [1.82, 2.24) is 0 Å². The molecule has 2 N–H and O–H groups in total. The van der Waals surface area contributed by atoms with Gasteiger partial charge in [-0.2, -0.15) is 0 Å². The third-order valence-electron chi connectivity index (χ3n) is 3.51. The molecule has 1 aromatic carbocycles. The Bertz CT molecular complexity index is 723. The minimum atomic E-state index is -1.60. The quantitative estimate of drug-likeness (QED) is 0.733. The van der Waals surface area contributed by atoms with Crippen LogP contribution in [0.4, 0.5) is 18.9 Å². The molecule has 2 aromatic rings. The van der Waals surface area contributed by atoms with E-state index in [1.165, 1.54) is 0 Å². The molecule has 1 aromatic heterocycles. The minimum Gasteiger partial charge on any atom is -0.323 e. The molecular formula is C15H15BrF3N2OS+.